The van der Waals surface area contributed by atoms with Crippen molar-refractivity contribution in [1.29, 1.82) is 0 Å². The highest BCUT2D eigenvalue weighted by Gasteiger charge is 2.32. The Morgan fingerprint density at radius 3 is 2.17 bits per heavy atom. The normalized spacial score (nSPS) is 18.6. The van der Waals surface area contributed by atoms with Gasteiger partial charge in [0.2, 0.25) is 15.9 Å². The van der Waals surface area contributed by atoms with Gasteiger partial charge in [-0.25, -0.2) is 12.7 Å². The summed E-state index contributed by atoms with van der Waals surface area (Å²) in [7, 11) is -0.418. The van der Waals surface area contributed by atoms with Crippen LogP contribution in [0.4, 0.5) is 0 Å². The van der Waals surface area contributed by atoms with Crippen LogP contribution in [0, 0.1) is 5.92 Å². The van der Waals surface area contributed by atoms with Crippen molar-refractivity contribution in [2.24, 2.45) is 5.92 Å². The number of aliphatic carboxylic acids is 1. The van der Waals surface area contributed by atoms with Crippen LogP contribution < -0.4 is 0 Å². The molecular formula is C10H18N2O5S. The summed E-state index contributed by atoms with van der Waals surface area (Å²) in [5.74, 6) is -2.43. The van der Waals surface area contributed by atoms with E-state index in [2.05, 4.69) is 0 Å². The minimum atomic E-state index is -3.74. The lowest BCUT2D eigenvalue weighted by molar-refractivity contribution is -0.135. The molecule has 1 saturated heterocycles. The number of carboxylic acids is 1. The number of amides is 1. The van der Waals surface area contributed by atoms with Crippen LogP contribution in [0.15, 0.2) is 0 Å². The van der Waals surface area contributed by atoms with E-state index in [1.165, 1.54) is 4.90 Å². The van der Waals surface area contributed by atoms with Crippen molar-refractivity contribution in [2.75, 3.05) is 32.9 Å². The Morgan fingerprint density at radius 2 is 1.78 bits per heavy atom. The number of carboxylic acid groups (broad SMARTS) is 1. The van der Waals surface area contributed by atoms with Gasteiger partial charge in [-0.2, -0.15) is 0 Å². The molecule has 0 saturated carbocycles. The summed E-state index contributed by atoms with van der Waals surface area (Å²) >= 11 is 0. The van der Waals surface area contributed by atoms with E-state index in [4.69, 9.17) is 5.11 Å². The standard InChI is InChI=1S/C10H18N2O5S/c1-11(2)10(15)8-3-5-12(6-4-8)18(16,17)7-9(13)14/h8H,3-7H2,1-2H3,(H,13,14). The van der Waals surface area contributed by atoms with Gasteiger partial charge in [-0.3, -0.25) is 9.59 Å². The molecular weight excluding hydrogens is 260 g/mol. The van der Waals surface area contributed by atoms with Gasteiger partial charge in [0.05, 0.1) is 0 Å². The van der Waals surface area contributed by atoms with Crippen LogP contribution in [0.2, 0.25) is 0 Å². The molecule has 0 unspecified atom stereocenters. The van der Waals surface area contributed by atoms with Crippen molar-refractivity contribution < 1.29 is 23.1 Å². The first-order valence-electron chi connectivity index (χ1n) is 5.65. The zero-order valence-electron chi connectivity index (χ0n) is 10.5. The smallest absolute Gasteiger partial charge is 0.320 e. The number of carbonyl (C=O) groups is 2. The Morgan fingerprint density at radius 1 is 1.28 bits per heavy atom. The molecule has 1 amide bonds. The topological polar surface area (TPSA) is 95.0 Å². The van der Waals surface area contributed by atoms with Gasteiger partial charge in [-0.05, 0) is 12.8 Å². The number of sulfonamides is 1. The Hall–Kier alpha value is -1.15. The minimum absolute atomic E-state index is 0.00900. The second-order valence-electron chi connectivity index (χ2n) is 4.56. The van der Waals surface area contributed by atoms with Crippen LogP contribution in [-0.2, 0) is 19.6 Å². The molecule has 1 fully saturated rings. The van der Waals surface area contributed by atoms with Gasteiger partial charge < -0.3 is 10.0 Å². The number of carbonyl (C=O) groups excluding carboxylic acids is 1. The van der Waals surface area contributed by atoms with Gasteiger partial charge in [0, 0.05) is 33.1 Å². The van der Waals surface area contributed by atoms with E-state index in [0.717, 1.165) is 4.31 Å². The van der Waals surface area contributed by atoms with Gasteiger partial charge in [0.1, 0.15) is 0 Å². The predicted octanol–water partition coefficient (Wildman–Crippen LogP) is -0.799. The summed E-state index contributed by atoms with van der Waals surface area (Å²) in [6.07, 6.45) is 0.881. The Kier molecular flexibility index (Phi) is 4.69. The second kappa shape index (κ2) is 5.66. The lowest BCUT2D eigenvalue weighted by Gasteiger charge is -2.31. The minimum Gasteiger partial charge on any atom is -0.480 e. The van der Waals surface area contributed by atoms with E-state index in [1.54, 1.807) is 14.1 Å². The lowest BCUT2D eigenvalue weighted by Crippen LogP contribution is -2.44. The Balaban J connectivity index is 2.59. The molecule has 1 heterocycles. The maximum absolute atomic E-state index is 11.7. The first kappa shape index (κ1) is 14.9. The fourth-order valence-electron chi connectivity index (χ4n) is 1.99. The van der Waals surface area contributed by atoms with Crippen LogP contribution in [0.25, 0.3) is 0 Å². The summed E-state index contributed by atoms with van der Waals surface area (Å²) in [5, 5.41) is 8.53. The number of nitrogens with zero attached hydrogens (tertiary/aromatic N) is 2. The number of hydrogen-bond donors (Lipinski definition) is 1. The molecule has 0 aromatic carbocycles. The van der Waals surface area contributed by atoms with E-state index in [9.17, 15) is 18.0 Å². The van der Waals surface area contributed by atoms with Crippen molar-refractivity contribution in [3.05, 3.63) is 0 Å². The SMILES string of the molecule is CN(C)C(=O)C1CCN(S(=O)(=O)CC(=O)O)CC1. The van der Waals surface area contributed by atoms with Crippen LogP contribution in [0.1, 0.15) is 12.8 Å². The predicted molar refractivity (Wildman–Crippen MR) is 64.4 cm³/mol. The van der Waals surface area contributed by atoms with Gasteiger partial charge in [-0.15, -0.1) is 0 Å². The number of rotatable bonds is 4. The summed E-state index contributed by atoms with van der Waals surface area (Å²) < 4.78 is 24.5. The largest absolute Gasteiger partial charge is 0.480 e. The molecule has 0 atom stereocenters. The zero-order chi connectivity index (χ0) is 13.9. The molecule has 0 bridgehead atoms. The highest BCUT2D eigenvalue weighted by molar-refractivity contribution is 7.89. The Labute approximate surface area is 106 Å². The highest BCUT2D eigenvalue weighted by Crippen LogP contribution is 2.21. The Bertz CT molecular complexity index is 424. The van der Waals surface area contributed by atoms with Crippen molar-refractivity contribution in [3.63, 3.8) is 0 Å². The van der Waals surface area contributed by atoms with Crippen LogP contribution in [0.5, 0.6) is 0 Å². The molecule has 0 aliphatic carbocycles. The molecule has 0 aromatic heterocycles. The van der Waals surface area contributed by atoms with Crippen LogP contribution >= 0.6 is 0 Å². The quantitative estimate of drug-likeness (QED) is 0.726. The maximum Gasteiger partial charge on any atom is 0.320 e. The summed E-state index contributed by atoms with van der Waals surface area (Å²) in [5.41, 5.74) is 0. The molecule has 8 heteroatoms. The molecule has 1 aliphatic heterocycles. The molecule has 0 aromatic rings. The van der Waals surface area contributed by atoms with E-state index in [-0.39, 0.29) is 24.9 Å². The van der Waals surface area contributed by atoms with E-state index in [1.807, 2.05) is 0 Å². The first-order valence-corrected chi connectivity index (χ1v) is 7.25. The van der Waals surface area contributed by atoms with E-state index in [0.29, 0.717) is 12.8 Å². The van der Waals surface area contributed by atoms with Gasteiger partial charge >= 0.3 is 5.97 Å². The summed E-state index contributed by atoms with van der Waals surface area (Å²) in [6.45, 7) is 0.416. The third-order valence-electron chi connectivity index (χ3n) is 2.94. The number of piperidine rings is 1. The first-order chi connectivity index (χ1) is 8.24. The van der Waals surface area contributed by atoms with Gasteiger partial charge in [0.25, 0.3) is 0 Å². The fraction of sp³-hybridized carbons (Fsp3) is 0.800. The highest BCUT2D eigenvalue weighted by atomic mass is 32.2. The fourth-order valence-corrected chi connectivity index (χ4v) is 3.26. The monoisotopic (exact) mass is 278 g/mol. The molecule has 18 heavy (non-hydrogen) atoms. The second-order valence-corrected chi connectivity index (χ2v) is 6.52. The third-order valence-corrected chi connectivity index (χ3v) is 4.71. The van der Waals surface area contributed by atoms with Crippen LogP contribution in [-0.4, -0.2) is 67.5 Å². The van der Waals surface area contributed by atoms with Crippen LogP contribution in [0.3, 0.4) is 0 Å². The third kappa shape index (κ3) is 3.67. The molecule has 0 radical (unpaired) electrons. The van der Waals surface area contributed by atoms with Gasteiger partial charge in [0.15, 0.2) is 5.75 Å². The van der Waals surface area contributed by atoms with E-state index < -0.39 is 21.7 Å². The molecule has 0 spiro atoms. The molecule has 7 nitrogen and oxygen atoms in total. The summed E-state index contributed by atoms with van der Waals surface area (Å²) in [4.78, 5) is 23.6. The molecule has 1 rings (SSSR count). The van der Waals surface area contributed by atoms with Crippen molar-refractivity contribution in [1.82, 2.24) is 9.21 Å². The van der Waals surface area contributed by atoms with Crippen molar-refractivity contribution >= 4 is 21.9 Å². The maximum atomic E-state index is 11.7. The van der Waals surface area contributed by atoms with Crippen molar-refractivity contribution in [3.8, 4) is 0 Å². The average Bonchev–Trinajstić information content (AvgIpc) is 2.26. The van der Waals surface area contributed by atoms with Gasteiger partial charge in [-0.1, -0.05) is 0 Å². The van der Waals surface area contributed by atoms with E-state index >= 15 is 0 Å². The molecule has 1 aliphatic rings. The lowest BCUT2D eigenvalue weighted by atomic mass is 9.97. The number of hydrogen-bond acceptors (Lipinski definition) is 4. The molecule has 1 N–H and O–H groups in total. The average molecular weight is 278 g/mol. The summed E-state index contributed by atoms with van der Waals surface area (Å²) in [6, 6.07) is 0. The van der Waals surface area contributed by atoms with Crippen molar-refractivity contribution in [2.45, 2.75) is 12.8 Å². The zero-order valence-corrected chi connectivity index (χ0v) is 11.3. The molecule has 104 valence electrons.